The second-order valence-corrected chi connectivity index (χ2v) is 5.71. The van der Waals surface area contributed by atoms with Crippen LogP contribution in [-0.2, 0) is 0 Å². The van der Waals surface area contributed by atoms with E-state index in [-0.39, 0.29) is 5.92 Å². The topological polar surface area (TPSA) is 62.7 Å². The lowest BCUT2D eigenvalue weighted by atomic mass is 9.80. The second kappa shape index (κ2) is 6.70. The maximum Gasteiger partial charge on any atom is 0.229 e. The Morgan fingerprint density at radius 1 is 1.37 bits per heavy atom. The molecule has 4 heteroatoms. The molecule has 1 fully saturated rings. The van der Waals surface area contributed by atoms with Gasteiger partial charge in [0.2, 0.25) is 5.89 Å². The van der Waals surface area contributed by atoms with Crippen LogP contribution in [0.25, 0.3) is 0 Å². The van der Waals surface area contributed by atoms with Gasteiger partial charge in [0.25, 0.3) is 0 Å². The normalized spacial score (nSPS) is 24.9. The minimum absolute atomic E-state index is 0.188. The van der Waals surface area contributed by atoms with Gasteiger partial charge in [-0.25, -0.2) is 0 Å². The maximum atomic E-state index is 8.60. The quantitative estimate of drug-likeness (QED) is 0.798. The van der Waals surface area contributed by atoms with Gasteiger partial charge < -0.3 is 4.52 Å². The highest BCUT2D eigenvalue weighted by atomic mass is 16.5. The van der Waals surface area contributed by atoms with Crippen molar-refractivity contribution in [3.63, 3.8) is 0 Å². The van der Waals surface area contributed by atoms with Crippen LogP contribution in [0, 0.1) is 17.2 Å². The van der Waals surface area contributed by atoms with Gasteiger partial charge in [-0.05, 0) is 38.0 Å². The minimum Gasteiger partial charge on any atom is -0.339 e. The van der Waals surface area contributed by atoms with Crippen molar-refractivity contribution in [2.24, 2.45) is 5.92 Å². The molecule has 0 saturated heterocycles. The van der Waals surface area contributed by atoms with E-state index in [4.69, 9.17) is 9.78 Å². The lowest BCUT2D eigenvalue weighted by Gasteiger charge is -2.25. The van der Waals surface area contributed by atoms with Crippen molar-refractivity contribution in [2.75, 3.05) is 0 Å². The Hall–Kier alpha value is -1.37. The third-order valence-corrected chi connectivity index (χ3v) is 4.36. The molecular formula is C15H23N3O. The average molecular weight is 261 g/mol. The summed E-state index contributed by atoms with van der Waals surface area (Å²) in [4.78, 5) is 4.55. The van der Waals surface area contributed by atoms with E-state index in [0.29, 0.717) is 18.2 Å². The lowest BCUT2D eigenvalue weighted by Crippen LogP contribution is -2.13. The van der Waals surface area contributed by atoms with Gasteiger partial charge >= 0.3 is 0 Å². The van der Waals surface area contributed by atoms with Gasteiger partial charge in [0.05, 0.1) is 6.07 Å². The zero-order valence-electron chi connectivity index (χ0n) is 11.9. The van der Waals surface area contributed by atoms with E-state index in [9.17, 15) is 0 Å². The average Bonchev–Trinajstić information content (AvgIpc) is 2.94. The number of hydrogen-bond acceptors (Lipinski definition) is 4. The van der Waals surface area contributed by atoms with Crippen molar-refractivity contribution in [1.82, 2.24) is 10.1 Å². The SMILES string of the molecule is CCC1CCC(c2noc(C(C)CCC#N)n2)CC1. The molecule has 4 nitrogen and oxygen atoms in total. The predicted octanol–water partition coefficient (Wildman–Crippen LogP) is 4.16. The molecule has 1 aliphatic rings. The molecule has 0 radical (unpaired) electrons. The maximum absolute atomic E-state index is 8.60. The molecule has 1 aromatic rings. The highest BCUT2D eigenvalue weighted by molar-refractivity contribution is 5.00. The summed E-state index contributed by atoms with van der Waals surface area (Å²) in [6.45, 7) is 4.32. The van der Waals surface area contributed by atoms with Gasteiger partial charge in [-0.15, -0.1) is 0 Å². The standard InChI is InChI=1S/C15H23N3O/c1-3-12-6-8-13(9-7-12)14-17-15(19-18-14)11(2)5-4-10-16/h11-13H,3-9H2,1-2H3. The van der Waals surface area contributed by atoms with Gasteiger partial charge in [0, 0.05) is 18.3 Å². The number of nitriles is 1. The van der Waals surface area contributed by atoms with Crippen LogP contribution >= 0.6 is 0 Å². The Labute approximate surface area is 115 Å². The Kier molecular flexibility index (Phi) is 4.95. The van der Waals surface area contributed by atoms with Gasteiger partial charge in [-0.2, -0.15) is 10.2 Å². The minimum atomic E-state index is 0.188. The van der Waals surface area contributed by atoms with Crippen LogP contribution < -0.4 is 0 Å². The Balaban J connectivity index is 1.92. The molecule has 0 amide bonds. The van der Waals surface area contributed by atoms with Crippen molar-refractivity contribution in [3.05, 3.63) is 11.7 Å². The summed E-state index contributed by atoms with van der Waals surface area (Å²) in [5.74, 6) is 3.13. The highest BCUT2D eigenvalue weighted by Crippen LogP contribution is 2.36. The fraction of sp³-hybridized carbons (Fsp3) is 0.800. The molecular weight excluding hydrogens is 238 g/mol. The summed E-state index contributed by atoms with van der Waals surface area (Å²) in [6.07, 6.45) is 7.56. The molecule has 0 N–H and O–H groups in total. The van der Waals surface area contributed by atoms with Crippen LogP contribution in [0.4, 0.5) is 0 Å². The molecule has 1 atom stereocenters. The van der Waals surface area contributed by atoms with Gasteiger partial charge in [0.1, 0.15) is 0 Å². The first-order valence-corrected chi connectivity index (χ1v) is 7.45. The molecule has 0 bridgehead atoms. The Morgan fingerprint density at radius 2 is 2.11 bits per heavy atom. The van der Waals surface area contributed by atoms with Crippen molar-refractivity contribution in [3.8, 4) is 6.07 Å². The van der Waals surface area contributed by atoms with Crippen molar-refractivity contribution < 1.29 is 4.52 Å². The number of rotatable bonds is 5. The molecule has 1 heterocycles. The van der Waals surface area contributed by atoms with Crippen LogP contribution in [0.5, 0.6) is 0 Å². The van der Waals surface area contributed by atoms with E-state index < -0.39 is 0 Å². The second-order valence-electron chi connectivity index (χ2n) is 5.71. The third kappa shape index (κ3) is 3.56. The Morgan fingerprint density at radius 3 is 2.74 bits per heavy atom. The van der Waals surface area contributed by atoms with E-state index in [2.05, 4.69) is 23.1 Å². The summed E-state index contributed by atoms with van der Waals surface area (Å²) in [6, 6.07) is 2.16. The van der Waals surface area contributed by atoms with Crippen LogP contribution in [0.2, 0.25) is 0 Å². The lowest BCUT2D eigenvalue weighted by molar-refractivity contribution is 0.301. The predicted molar refractivity (Wildman–Crippen MR) is 72.6 cm³/mol. The van der Waals surface area contributed by atoms with E-state index in [0.717, 1.165) is 18.2 Å². The van der Waals surface area contributed by atoms with Crippen LogP contribution in [-0.4, -0.2) is 10.1 Å². The molecule has 19 heavy (non-hydrogen) atoms. The summed E-state index contributed by atoms with van der Waals surface area (Å²) in [5, 5.41) is 12.8. The fourth-order valence-corrected chi connectivity index (χ4v) is 2.85. The van der Waals surface area contributed by atoms with E-state index in [1.807, 2.05) is 6.92 Å². The van der Waals surface area contributed by atoms with Crippen LogP contribution in [0.1, 0.15) is 82.3 Å². The van der Waals surface area contributed by atoms with Gasteiger partial charge in [-0.1, -0.05) is 25.4 Å². The smallest absolute Gasteiger partial charge is 0.229 e. The first kappa shape index (κ1) is 14.0. The molecule has 0 spiro atoms. The molecule has 1 aromatic heterocycles. The number of hydrogen-bond donors (Lipinski definition) is 0. The first-order valence-electron chi connectivity index (χ1n) is 7.45. The number of nitrogens with zero attached hydrogens (tertiary/aromatic N) is 3. The zero-order valence-corrected chi connectivity index (χ0v) is 11.9. The Bertz CT molecular complexity index is 427. The van der Waals surface area contributed by atoms with Crippen LogP contribution in [0.3, 0.4) is 0 Å². The number of aromatic nitrogens is 2. The van der Waals surface area contributed by atoms with Crippen LogP contribution in [0.15, 0.2) is 4.52 Å². The molecule has 1 unspecified atom stereocenters. The molecule has 0 aliphatic heterocycles. The van der Waals surface area contributed by atoms with Gasteiger partial charge in [0.15, 0.2) is 5.82 Å². The third-order valence-electron chi connectivity index (χ3n) is 4.36. The van der Waals surface area contributed by atoms with E-state index >= 15 is 0 Å². The van der Waals surface area contributed by atoms with Crippen molar-refractivity contribution in [1.29, 1.82) is 5.26 Å². The summed E-state index contributed by atoms with van der Waals surface area (Å²) >= 11 is 0. The molecule has 2 rings (SSSR count). The molecule has 1 aliphatic carbocycles. The van der Waals surface area contributed by atoms with Crippen molar-refractivity contribution >= 4 is 0 Å². The fourth-order valence-electron chi connectivity index (χ4n) is 2.85. The van der Waals surface area contributed by atoms with E-state index in [1.165, 1.54) is 32.1 Å². The summed E-state index contributed by atoms with van der Waals surface area (Å²) in [5.41, 5.74) is 0. The zero-order chi connectivity index (χ0) is 13.7. The summed E-state index contributed by atoms with van der Waals surface area (Å²) in [7, 11) is 0. The largest absolute Gasteiger partial charge is 0.339 e. The molecule has 104 valence electrons. The van der Waals surface area contributed by atoms with Gasteiger partial charge in [-0.3, -0.25) is 0 Å². The first-order chi connectivity index (χ1) is 9.24. The van der Waals surface area contributed by atoms with E-state index in [1.54, 1.807) is 0 Å². The van der Waals surface area contributed by atoms with Crippen molar-refractivity contribution in [2.45, 2.75) is 70.6 Å². The highest BCUT2D eigenvalue weighted by Gasteiger charge is 2.25. The molecule has 1 saturated carbocycles. The monoisotopic (exact) mass is 261 g/mol. The summed E-state index contributed by atoms with van der Waals surface area (Å²) < 4.78 is 5.36. The molecule has 0 aromatic carbocycles.